The molecule has 2 atom stereocenters. The number of piperidine rings is 1. The van der Waals surface area contributed by atoms with E-state index in [9.17, 15) is 9.59 Å². The summed E-state index contributed by atoms with van der Waals surface area (Å²) < 4.78 is 0. The normalized spacial score (nSPS) is 20.6. The number of nitrogens with zero attached hydrogens (tertiary/aromatic N) is 2. The molecule has 1 fully saturated rings. The molecular formula is C18H26ClN3O3. The zero-order chi connectivity index (χ0) is 18.6. The first-order valence-corrected chi connectivity index (χ1v) is 8.86. The highest BCUT2D eigenvalue weighted by Crippen LogP contribution is 2.28. The maximum absolute atomic E-state index is 12.7. The Bertz CT molecular complexity index is 616. The van der Waals surface area contributed by atoms with Crippen molar-refractivity contribution in [2.24, 2.45) is 5.92 Å². The summed E-state index contributed by atoms with van der Waals surface area (Å²) in [4.78, 5) is 27.5. The van der Waals surface area contributed by atoms with E-state index in [1.54, 1.807) is 11.0 Å². The number of hydrogen-bond donors (Lipinski definition) is 2. The van der Waals surface area contributed by atoms with Gasteiger partial charge in [-0.15, -0.1) is 0 Å². The third-order valence-electron chi connectivity index (χ3n) is 4.83. The van der Waals surface area contributed by atoms with Crippen LogP contribution >= 0.6 is 11.6 Å². The van der Waals surface area contributed by atoms with Gasteiger partial charge in [-0.1, -0.05) is 23.7 Å². The summed E-state index contributed by atoms with van der Waals surface area (Å²) >= 11 is 6.19. The van der Waals surface area contributed by atoms with Gasteiger partial charge >= 0.3 is 12.0 Å². The molecule has 1 heterocycles. The van der Waals surface area contributed by atoms with Gasteiger partial charge in [-0.05, 0) is 51.4 Å². The molecule has 1 aliphatic rings. The molecule has 0 saturated carbocycles. The fourth-order valence-electron chi connectivity index (χ4n) is 3.45. The lowest BCUT2D eigenvalue weighted by Crippen LogP contribution is -2.51. The summed E-state index contributed by atoms with van der Waals surface area (Å²) in [5.74, 6) is -0.663. The molecular weight excluding hydrogens is 342 g/mol. The maximum Gasteiger partial charge on any atom is 0.321 e. The van der Waals surface area contributed by atoms with Gasteiger partial charge < -0.3 is 20.2 Å². The van der Waals surface area contributed by atoms with Crippen molar-refractivity contribution in [3.63, 3.8) is 0 Å². The second-order valence-electron chi connectivity index (χ2n) is 6.82. The van der Waals surface area contributed by atoms with Crippen LogP contribution in [-0.4, -0.2) is 60.1 Å². The molecule has 0 spiro atoms. The number of nitrogens with one attached hydrogen (secondary N) is 1. The molecule has 0 radical (unpaired) electrons. The number of carboxylic acid groups (broad SMARTS) is 1. The molecule has 0 aliphatic carbocycles. The van der Waals surface area contributed by atoms with Gasteiger partial charge in [0.1, 0.15) is 0 Å². The van der Waals surface area contributed by atoms with Gasteiger partial charge in [0, 0.05) is 25.6 Å². The number of amides is 2. The SMILES string of the molecule is Cc1cccc(Cl)c1NC(=O)N1CC[C@@H](N(C)C)[C@@H](CCC(=O)O)C1. The molecule has 6 nitrogen and oxygen atoms in total. The maximum atomic E-state index is 12.7. The summed E-state index contributed by atoms with van der Waals surface area (Å²) in [5.41, 5.74) is 1.54. The largest absolute Gasteiger partial charge is 0.481 e. The monoisotopic (exact) mass is 367 g/mol. The number of aliphatic carboxylic acids is 1. The van der Waals surface area contributed by atoms with Gasteiger partial charge in [-0.2, -0.15) is 0 Å². The van der Waals surface area contributed by atoms with Crippen LogP contribution in [0.1, 0.15) is 24.8 Å². The van der Waals surface area contributed by atoms with Crippen molar-refractivity contribution in [1.29, 1.82) is 0 Å². The van der Waals surface area contributed by atoms with Crippen LogP contribution < -0.4 is 5.32 Å². The minimum atomic E-state index is -0.800. The number of carbonyl (C=O) groups is 2. The predicted molar refractivity (Wildman–Crippen MR) is 99.2 cm³/mol. The third-order valence-corrected chi connectivity index (χ3v) is 5.14. The number of urea groups is 1. The molecule has 0 unspecified atom stereocenters. The number of hydrogen-bond acceptors (Lipinski definition) is 3. The van der Waals surface area contributed by atoms with Gasteiger partial charge in [-0.3, -0.25) is 4.79 Å². The lowest BCUT2D eigenvalue weighted by Gasteiger charge is -2.41. The lowest BCUT2D eigenvalue weighted by atomic mass is 9.87. The van der Waals surface area contributed by atoms with Crippen molar-refractivity contribution in [2.75, 3.05) is 32.5 Å². The van der Waals surface area contributed by atoms with E-state index in [2.05, 4.69) is 10.2 Å². The van der Waals surface area contributed by atoms with Crippen molar-refractivity contribution in [2.45, 2.75) is 32.2 Å². The molecule has 1 aromatic rings. The molecule has 7 heteroatoms. The summed E-state index contributed by atoms with van der Waals surface area (Å²) in [5, 5.41) is 12.4. The van der Waals surface area contributed by atoms with Crippen LogP contribution in [0.4, 0.5) is 10.5 Å². The van der Waals surface area contributed by atoms with E-state index in [0.717, 1.165) is 12.0 Å². The summed E-state index contributed by atoms with van der Waals surface area (Å²) in [6.45, 7) is 3.09. The number of benzene rings is 1. The van der Waals surface area contributed by atoms with Crippen molar-refractivity contribution < 1.29 is 14.7 Å². The van der Waals surface area contributed by atoms with E-state index in [-0.39, 0.29) is 24.4 Å². The molecule has 1 aliphatic heterocycles. The number of carboxylic acids is 1. The topological polar surface area (TPSA) is 72.9 Å². The fraction of sp³-hybridized carbons (Fsp3) is 0.556. The van der Waals surface area contributed by atoms with Crippen LogP contribution in [0.3, 0.4) is 0 Å². The van der Waals surface area contributed by atoms with E-state index < -0.39 is 5.97 Å². The quantitative estimate of drug-likeness (QED) is 0.837. The zero-order valence-electron chi connectivity index (χ0n) is 15.0. The standard InChI is InChI=1S/C18H26ClN3O3/c1-12-5-4-6-14(19)17(12)20-18(25)22-10-9-15(21(2)3)13(11-22)7-8-16(23)24/h4-6,13,15H,7-11H2,1-3H3,(H,20,25)(H,23,24)/t13-,15+/m0/s1. The second kappa shape index (κ2) is 8.54. The van der Waals surface area contributed by atoms with Crippen LogP contribution in [0.5, 0.6) is 0 Å². The summed E-state index contributed by atoms with van der Waals surface area (Å²) in [7, 11) is 4.00. The van der Waals surface area contributed by atoms with Crippen LogP contribution in [0.25, 0.3) is 0 Å². The van der Waals surface area contributed by atoms with E-state index in [4.69, 9.17) is 16.7 Å². The second-order valence-corrected chi connectivity index (χ2v) is 7.23. The molecule has 0 aromatic heterocycles. The van der Waals surface area contributed by atoms with Crippen molar-refractivity contribution in [3.05, 3.63) is 28.8 Å². The molecule has 1 aromatic carbocycles. The first-order valence-electron chi connectivity index (χ1n) is 8.49. The van der Waals surface area contributed by atoms with Crippen molar-refractivity contribution >= 4 is 29.3 Å². The third kappa shape index (κ3) is 5.09. The molecule has 2 rings (SSSR count). The number of carbonyl (C=O) groups excluding carboxylic acids is 1. The Labute approximate surface area is 153 Å². The minimum Gasteiger partial charge on any atom is -0.481 e. The predicted octanol–water partition coefficient (Wildman–Crippen LogP) is 3.30. The van der Waals surface area contributed by atoms with E-state index in [0.29, 0.717) is 30.2 Å². The number of halogens is 1. The van der Waals surface area contributed by atoms with E-state index in [1.807, 2.05) is 33.2 Å². The van der Waals surface area contributed by atoms with Gasteiger partial charge in [0.05, 0.1) is 10.7 Å². The highest BCUT2D eigenvalue weighted by Gasteiger charge is 2.33. The Hall–Kier alpha value is -1.79. The summed E-state index contributed by atoms with van der Waals surface area (Å²) in [6.07, 6.45) is 1.51. The Kier molecular flexibility index (Phi) is 6.67. The van der Waals surface area contributed by atoms with E-state index in [1.165, 1.54) is 0 Å². The van der Waals surface area contributed by atoms with Gasteiger partial charge in [-0.25, -0.2) is 4.79 Å². The molecule has 0 bridgehead atoms. The number of anilines is 1. The average Bonchev–Trinajstić information content (AvgIpc) is 2.55. The molecule has 2 amide bonds. The number of para-hydroxylation sites is 1. The minimum absolute atomic E-state index is 0.119. The van der Waals surface area contributed by atoms with Crippen LogP contribution in [0.15, 0.2) is 18.2 Å². The lowest BCUT2D eigenvalue weighted by molar-refractivity contribution is -0.137. The van der Waals surface area contributed by atoms with Gasteiger partial charge in [0.25, 0.3) is 0 Å². The molecule has 138 valence electrons. The van der Waals surface area contributed by atoms with Crippen LogP contribution in [0.2, 0.25) is 5.02 Å². The van der Waals surface area contributed by atoms with Gasteiger partial charge in [0.2, 0.25) is 0 Å². The fourth-order valence-corrected chi connectivity index (χ4v) is 3.72. The average molecular weight is 368 g/mol. The van der Waals surface area contributed by atoms with E-state index >= 15 is 0 Å². The summed E-state index contributed by atoms with van der Waals surface area (Å²) in [6, 6.07) is 5.59. The first kappa shape index (κ1) is 19.5. The van der Waals surface area contributed by atoms with Crippen molar-refractivity contribution in [3.8, 4) is 0 Å². The highest BCUT2D eigenvalue weighted by molar-refractivity contribution is 6.33. The Morgan fingerprint density at radius 1 is 1.40 bits per heavy atom. The number of rotatable bonds is 5. The number of aryl methyl sites for hydroxylation is 1. The number of likely N-dealkylation sites (tertiary alicyclic amines) is 1. The Morgan fingerprint density at radius 2 is 2.12 bits per heavy atom. The smallest absolute Gasteiger partial charge is 0.321 e. The van der Waals surface area contributed by atoms with Crippen molar-refractivity contribution in [1.82, 2.24) is 9.80 Å². The Morgan fingerprint density at radius 3 is 2.72 bits per heavy atom. The molecule has 2 N–H and O–H groups in total. The van der Waals surface area contributed by atoms with Gasteiger partial charge in [0.15, 0.2) is 0 Å². The van der Waals surface area contributed by atoms with Crippen LogP contribution in [-0.2, 0) is 4.79 Å². The first-order chi connectivity index (χ1) is 11.8. The molecule has 25 heavy (non-hydrogen) atoms. The van der Waals surface area contributed by atoms with Crippen LogP contribution in [0, 0.1) is 12.8 Å². The highest BCUT2D eigenvalue weighted by atomic mass is 35.5. The zero-order valence-corrected chi connectivity index (χ0v) is 15.7. The molecule has 1 saturated heterocycles. The Balaban J connectivity index is 2.06.